The van der Waals surface area contributed by atoms with E-state index in [1.807, 2.05) is 42.2 Å². The molecule has 2 atom stereocenters. The maximum Gasteiger partial charge on any atom is 0.225 e. The smallest absolute Gasteiger partial charge is 0.225 e. The number of hydrogen-bond donors (Lipinski definition) is 1. The molecule has 1 aliphatic rings. The van der Waals surface area contributed by atoms with Gasteiger partial charge in [0, 0.05) is 19.0 Å². The second kappa shape index (κ2) is 8.71. The van der Waals surface area contributed by atoms with Gasteiger partial charge in [-0.1, -0.05) is 32.0 Å². The van der Waals surface area contributed by atoms with Crippen molar-refractivity contribution >= 4 is 11.8 Å². The van der Waals surface area contributed by atoms with Crippen molar-refractivity contribution in [3.8, 4) is 5.75 Å². The summed E-state index contributed by atoms with van der Waals surface area (Å²) in [6.45, 7) is 7.76. The first kappa shape index (κ1) is 18.3. The fraction of sp³-hybridized carbons (Fsp3) is 0.579. The van der Waals surface area contributed by atoms with Gasteiger partial charge in [-0.25, -0.2) is 0 Å². The summed E-state index contributed by atoms with van der Waals surface area (Å²) in [6.07, 6.45) is 1.08. The molecule has 1 aromatic carbocycles. The molecule has 1 saturated heterocycles. The minimum absolute atomic E-state index is 0.0143. The summed E-state index contributed by atoms with van der Waals surface area (Å²) in [4.78, 5) is 26.4. The van der Waals surface area contributed by atoms with Gasteiger partial charge in [-0.2, -0.15) is 0 Å². The number of piperidine rings is 1. The second-order valence-electron chi connectivity index (χ2n) is 6.78. The first-order valence-electron chi connectivity index (χ1n) is 8.74. The lowest BCUT2D eigenvalue weighted by atomic mass is 9.88. The molecule has 24 heavy (non-hydrogen) atoms. The number of nitrogens with zero attached hydrogens (tertiary/aromatic N) is 1. The molecule has 2 rings (SSSR count). The van der Waals surface area contributed by atoms with Gasteiger partial charge in [-0.05, 0) is 31.4 Å². The number of likely N-dealkylation sites (tertiary alicyclic amines) is 1. The Kier molecular flexibility index (Phi) is 6.64. The molecular weight excluding hydrogens is 304 g/mol. The average molecular weight is 332 g/mol. The van der Waals surface area contributed by atoms with Gasteiger partial charge in [-0.15, -0.1) is 0 Å². The molecule has 2 amide bonds. The van der Waals surface area contributed by atoms with Crippen LogP contribution in [0.25, 0.3) is 0 Å². The first-order chi connectivity index (χ1) is 11.5. The van der Waals surface area contributed by atoms with Crippen LogP contribution in [0, 0.1) is 11.8 Å². The summed E-state index contributed by atoms with van der Waals surface area (Å²) in [5, 5.41) is 2.94. The van der Waals surface area contributed by atoms with Crippen molar-refractivity contribution in [3.63, 3.8) is 0 Å². The summed E-state index contributed by atoms with van der Waals surface area (Å²) in [7, 11) is 0. The third-order valence-corrected chi connectivity index (χ3v) is 4.38. The minimum atomic E-state index is -0.141. The third-order valence-electron chi connectivity index (χ3n) is 4.38. The molecule has 1 heterocycles. The van der Waals surface area contributed by atoms with Crippen LogP contribution in [0.1, 0.15) is 33.6 Å². The Morgan fingerprint density at radius 1 is 1.33 bits per heavy atom. The molecule has 2 unspecified atom stereocenters. The van der Waals surface area contributed by atoms with Gasteiger partial charge in [-0.3, -0.25) is 9.59 Å². The van der Waals surface area contributed by atoms with Crippen LogP contribution >= 0.6 is 0 Å². The van der Waals surface area contributed by atoms with E-state index in [1.165, 1.54) is 0 Å². The zero-order valence-corrected chi connectivity index (χ0v) is 14.8. The highest BCUT2D eigenvalue weighted by Crippen LogP contribution is 2.25. The highest BCUT2D eigenvalue weighted by Gasteiger charge is 2.36. The molecule has 0 spiro atoms. The largest absolute Gasteiger partial charge is 0.492 e. The Labute approximate surface area is 144 Å². The molecule has 132 valence electrons. The maximum absolute atomic E-state index is 12.5. The van der Waals surface area contributed by atoms with E-state index < -0.39 is 0 Å². The van der Waals surface area contributed by atoms with Gasteiger partial charge >= 0.3 is 0 Å². The Bertz CT molecular complexity index is 545. The monoisotopic (exact) mass is 332 g/mol. The lowest BCUT2D eigenvalue weighted by molar-refractivity contribution is -0.143. The van der Waals surface area contributed by atoms with Crippen LogP contribution in [0.3, 0.4) is 0 Å². The Morgan fingerprint density at radius 3 is 2.71 bits per heavy atom. The molecule has 0 aromatic heterocycles. The molecule has 5 heteroatoms. The number of amides is 2. The number of carbonyl (C=O) groups excluding carboxylic acids is 2. The molecule has 1 aliphatic heterocycles. The van der Waals surface area contributed by atoms with Crippen LogP contribution in [0.4, 0.5) is 0 Å². The Balaban J connectivity index is 1.79. The third kappa shape index (κ3) is 4.98. The first-order valence-corrected chi connectivity index (χ1v) is 8.74. The number of nitrogens with one attached hydrogen (secondary N) is 1. The summed E-state index contributed by atoms with van der Waals surface area (Å²) in [5.41, 5.74) is 0. The number of hydrogen-bond acceptors (Lipinski definition) is 3. The number of rotatable bonds is 7. The van der Waals surface area contributed by atoms with Crippen molar-refractivity contribution in [3.05, 3.63) is 30.3 Å². The number of para-hydroxylation sites is 1. The fourth-order valence-electron chi connectivity index (χ4n) is 3.11. The van der Waals surface area contributed by atoms with Crippen LogP contribution < -0.4 is 10.1 Å². The van der Waals surface area contributed by atoms with Gasteiger partial charge in [0.25, 0.3) is 0 Å². The molecule has 0 saturated carbocycles. The predicted molar refractivity (Wildman–Crippen MR) is 93.7 cm³/mol. The van der Waals surface area contributed by atoms with Crippen LogP contribution in [0.15, 0.2) is 30.3 Å². The number of ether oxygens (including phenoxy) is 1. The van der Waals surface area contributed by atoms with Crippen LogP contribution in [-0.4, -0.2) is 42.5 Å². The Hall–Kier alpha value is -2.04. The lowest BCUT2D eigenvalue weighted by Crippen LogP contribution is -2.53. The van der Waals surface area contributed by atoms with Crippen molar-refractivity contribution in [1.29, 1.82) is 0 Å². The Morgan fingerprint density at radius 2 is 2.04 bits per heavy atom. The standard InChI is InChI=1S/C19H28N2O3/c1-14(2)13-21-15(3)17(9-10-18(21)22)19(23)20-11-12-24-16-7-5-4-6-8-16/h4-8,14-15,17H,9-13H2,1-3H3,(H,20,23). The van der Waals surface area contributed by atoms with Crippen molar-refractivity contribution in [2.75, 3.05) is 19.7 Å². The lowest BCUT2D eigenvalue weighted by Gasteiger charge is -2.39. The van der Waals surface area contributed by atoms with Crippen molar-refractivity contribution in [2.45, 2.75) is 39.7 Å². The van der Waals surface area contributed by atoms with Crippen LogP contribution in [0.2, 0.25) is 0 Å². The van der Waals surface area contributed by atoms with Crippen molar-refractivity contribution in [2.24, 2.45) is 11.8 Å². The van der Waals surface area contributed by atoms with Crippen LogP contribution in [-0.2, 0) is 9.59 Å². The van der Waals surface area contributed by atoms with E-state index in [0.717, 1.165) is 5.75 Å². The van der Waals surface area contributed by atoms with Gasteiger partial charge < -0.3 is 15.0 Å². The van der Waals surface area contributed by atoms with Gasteiger partial charge in [0.05, 0.1) is 12.5 Å². The predicted octanol–water partition coefficient (Wildman–Crippen LogP) is 2.46. The SMILES string of the molecule is CC(C)CN1C(=O)CCC(C(=O)NCCOc2ccccc2)C1C. The van der Waals surface area contributed by atoms with Gasteiger partial charge in [0.1, 0.15) is 12.4 Å². The maximum atomic E-state index is 12.5. The van der Waals surface area contributed by atoms with E-state index in [4.69, 9.17) is 4.74 Å². The van der Waals surface area contributed by atoms with E-state index in [0.29, 0.717) is 38.5 Å². The van der Waals surface area contributed by atoms with E-state index in [1.54, 1.807) is 0 Å². The van der Waals surface area contributed by atoms with Gasteiger partial charge in [0.2, 0.25) is 11.8 Å². The highest BCUT2D eigenvalue weighted by atomic mass is 16.5. The topological polar surface area (TPSA) is 58.6 Å². The molecule has 0 radical (unpaired) electrons. The van der Waals surface area contributed by atoms with E-state index in [-0.39, 0.29) is 23.8 Å². The summed E-state index contributed by atoms with van der Waals surface area (Å²) < 4.78 is 5.58. The molecule has 1 aromatic rings. The molecule has 1 N–H and O–H groups in total. The summed E-state index contributed by atoms with van der Waals surface area (Å²) in [5.74, 6) is 1.23. The molecule has 1 fully saturated rings. The van der Waals surface area contributed by atoms with Gasteiger partial charge in [0.15, 0.2) is 0 Å². The molecular formula is C19H28N2O3. The van der Waals surface area contributed by atoms with Crippen molar-refractivity contribution in [1.82, 2.24) is 10.2 Å². The second-order valence-corrected chi connectivity index (χ2v) is 6.78. The van der Waals surface area contributed by atoms with Crippen LogP contribution in [0.5, 0.6) is 5.75 Å². The summed E-state index contributed by atoms with van der Waals surface area (Å²) in [6, 6.07) is 9.49. The molecule has 5 nitrogen and oxygen atoms in total. The average Bonchev–Trinajstić information content (AvgIpc) is 2.56. The number of carbonyl (C=O) groups is 2. The zero-order valence-electron chi connectivity index (χ0n) is 14.8. The number of benzene rings is 1. The molecule has 0 bridgehead atoms. The highest BCUT2D eigenvalue weighted by molar-refractivity contribution is 5.84. The minimum Gasteiger partial charge on any atom is -0.492 e. The van der Waals surface area contributed by atoms with E-state index in [9.17, 15) is 9.59 Å². The normalized spacial score (nSPS) is 21.0. The van der Waals surface area contributed by atoms with Crippen molar-refractivity contribution < 1.29 is 14.3 Å². The quantitative estimate of drug-likeness (QED) is 0.780. The van der Waals surface area contributed by atoms with E-state index in [2.05, 4.69) is 19.2 Å². The molecule has 0 aliphatic carbocycles. The fourth-order valence-corrected chi connectivity index (χ4v) is 3.11. The zero-order chi connectivity index (χ0) is 17.5. The summed E-state index contributed by atoms with van der Waals surface area (Å²) >= 11 is 0. The van der Waals surface area contributed by atoms with E-state index >= 15 is 0 Å².